The molecule has 0 spiro atoms. The summed E-state index contributed by atoms with van der Waals surface area (Å²) in [4.78, 5) is 30.1. The number of rotatable bonds is 3. The van der Waals surface area contributed by atoms with Crippen molar-refractivity contribution in [1.29, 1.82) is 0 Å². The first-order chi connectivity index (χ1) is 12.2. The van der Waals surface area contributed by atoms with Gasteiger partial charge in [0.2, 0.25) is 12.7 Å². The average Bonchev–Trinajstić information content (AvgIpc) is 3.25. The highest BCUT2D eigenvalue weighted by Crippen LogP contribution is 2.37. The van der Waals surface area contributed by atoms with Gasteiger partial charge in [-0.25, -0.2) is 4.98 Å². The van der Waals surface area contributed by atoms with E-state index in [4.69, 9.17) is 9.47 Å². The van der Waals surface area contributed by atoms with Crippen LogP contribution in [0.15, 0.2) is 18.2 Å². The van der Waals surface area contributed by atoms with Crippen LogP contribution in [0.1, 0.15) is 39.7 Å². The van der Waals surface area contributed by atoms with E-state index in [1.807, 2.05) is 0 Å². The van der Waals surface area contributed by atoms with Crippen LogP contribution in [0.2, 0.25) is 0 Å². The molecule has 0 radical (unpaired) electrons. The summed E-state index contributed by atoms with van der Waals surface area (Å²) < 4.78 is 10.5. The number of nitrogens with zero attached hydrogens (tertiary/aromatic N) is 1. The standard InChI is InChI=1S/C17H17N3O4S/c1-18-16(22)10-3-2-4-13-14(10)19-17(25-13)20-15(21)9-5-6-11-12(7-9)24-8-23-11/h5-7,10H,2-4,8H2,1H3,(H,18,22)(H,19,20,21)/t10-/m0/s1. The number of aromatic nitrogens is 1. The van der Waals surface area contributed by atoms with E-state index in [1.165, 1.54) is 11.3 Å². The van der Waals surface area contributed by atoms with E-state index in [-0.39, 0.29) is 24.5 Å². The van der Waals surface area contributed by atoms with Gasteiger partial charge in [0, 0.05) is 17.5 Å². The number of hydrogen-bond acceptors (Lipinski definition) is 6. The molecule has 1 aromatic heterocycles. The van der Waals surface area contributed by atoms with Gasteiger partial charge in [-0.05, 0) is 37.5 Å². The van der Waals surface area contributed by atoms with Gasteiger partial charge in [0.25, 0.3) is 5.91 Å². The summed E-state index contributed by atoms with van der Waals surface area (Å²) in [6.07, 6.45) is 2.62. The lowest BCUT2D eigenvalue weighted by Gasteiger charge is -2.19. The third-order valence-electron chi connectivity index (χ3n) is 4.37. The molecule has 0 unspecified atom stereocenters. The highest BCUT2D eigenvalue weighted by molar-refractivity contribution is 7.15. The van der Waals surface area contributed by atoms with Crippen LogP contribution in [0.3, 0.4) is 0 Å². The number of aryl methyl sites for hydroxylation is 1. The molecule has 2 N–H and O–H groups in total. The number of nitrogens with one attached hydrogen (secondary N) is 2. The van der Waals surface area contributed by atoms with E-state index in [9.17, 15) is 9.59 Å². The zero-order valence-corrected chi connectivity index (χ0v) is 14.4. The van der Waals surface area contributed by atoms with Gasteiger partial charge in [-0.3, -0.25) is 14.9 Å². The lowest BCUT2D eigenvalue weighted by Crippen LogP contribution is -2.28. The number of ether oxygens (including phenoxy) is 2. The second-order valence-corrected chi connectivity index (χ2v) is 6.99. The number of thiazole rings is 1. The molecule has 1 atom stereocenters. The Balaban J connectivity index is 1.54. The van der Waals surface area contributed by atoms with Crippen LogP contribution in [-0.2, 0) is 11.2 Å². The smallest absolute Gasteiger partial charge is 0.257 e. The summed E-state index contributed by atoms with van der Waals surface area (Å²) in [6.45, 7) is 0.167. The zero-order chi connectivity index (χ0) is 17.4. The van der Waals surface area contributed by atoms with Crippen molar-refractivity contribution in [3.8, 4) is 11.5 Å². The van der Waals surface area contributed by atoms with Crippen molar-refractivity contribution in [2.75, 3.05) is 19.2 Å². The molecule has 2 aliphatic rings. The molecule has 4 rings (SSSR count). The van der Waals surface area contributed by atoms with Crippen LogP contribution in [-0.4, -0.2) is 30.6 Å². The van der Waals surface area contributed by atoms with E-state index >= 15 is 0 Å². The highest BCUT2D eigenvalue weighted by atomic mass is 32.1. The number of carbonyl (C=O) groups excluding carboxylic acids is 2. The molecular weight excluding hydrogens is 342 g/mol. The van der Waals surface area contributed by atoms with Crippen LogP contribution < -0.4 is 20.1 Å². The topological polar surface area (TPSA) is 89.6 Å². The van der Waals surface area contributed by atoms with Gasteiger partial charge in [-0.1, -0.05) is 0 Å². The second kappa shape index (κ2) is 6.36. The quantitative estimate of drug-likeness (QED) is 0.878. The van der Waals surface area contributed by atoms with Crippen LogP contribution in [0, 0.1) is 0 Å². The Labute approximate surface area is 148 Å². The van der Waals surface area contributed by atoms with E-state index in [0.717, 1.165) is 29.8 Å². The van der Waals surface area contributed by atoms with E-state index in [2.05, 4.69) is 15.6 Å². The number of benzene rings is 1. The number of amides is 2. The summed E-state index contributed by atoms with van der Waals surface area (Å²) in [7, 11) is 1.63. The SMILES string of the molecule is CNC(=O)[C@H]1CCCc2sc(NC(=O)c3ccc4c(c3)OCO4)nc21. The summed E-state index contributed by atoms with van der Waals surface area (Å²) in [5.74, 6) is 0.669. The second-order valence-electron chi connectivity index (χ2n) is 5.91. The van der Waals surface area contributed by atoms with E-state index in [1.54, 1.807) is 25.2 Å². The number of hydrogen-bond donors (Lipinski definition) is 2. The van der Waals surface area contributed by atoms with Crippen molar-refractivity contribution in [3.63, 3.8) is 0 Å². The van der Waals surface area contributed by atoms with Crippen LogP contribution in [0.5, 0.6) is 11.5 Å². The molecule has 0 saturated heterocycles. The van der Waals surface area contributed by atoms with Crippen molar-refractivity contribution < 1.29 is 19.1 Å². The van der Waals surface area contributed by atoms with E-state index < -0.39 is 0 Å². The van der Waals surface area contributed by atoms with Gasteiger partial charge in [0.15, 0.2) is 16.6 Å². The van der Waals surface area contributed by atoms with Crippen molar-refractivity contribution in [2.24, 2.45) is 0 Å². The number of anilines is 1. The first kappa shape index (κ1) is 15.9. The number of fused-ring (bicyclic) bond motifs is 2. The molecule has 0 fully saturated rings. The molecule has 0 bridgehead atoms. The molecule has 1 aromatic carbocycles. The van der Waals surface area contributed by atoms with E-state index in [0.29, 0.717) is 22.2 Å². The van der Waals surface area contributed by atoms with Gasteiger partial charge < -0.3 is 14.8 Å². The molecule has 1 aliphatic heterocycles. The van der Waals surface area contributed by atoms with Crippen molar-refractivity contribution in [3.05, 3.63) is 34.3 Å². The fourth-order valence-corrected chi connectivity index (χ4v) is 4.17. The summed E-state index contributed by atoms with van der Waals surface area (Å²) in [5, 5.41) is 6.03. The maximum Gasteiger partial charge on any atom is 0.257 e. The molecule has 0 saturated carbocycles. The van der Waals surface area contributed by atoms with Crippen LogP contribution in [0.25, 0.3) is 0 Å². The van der Waals surface area contributed by atoms with Crippen molar-refractivity contribution in [2.45, 2.75) is 25.2 Å². The first-order valence-electron chi connectivity index (χ1n) is 8.08. The molecule has 2 amide bonds. The van der Waals surface area contributed by atoms with Gasteiger partial charge in [0.05, 0.1) is 11.6 Å². The fourth-order valence-electron chi connectivity index (χ4n) is 3.11. The predicted octanol–water partition coefficient (Wildman–Crippen LogP) is 2.29. The Morgan fingerprint density at radius 3 is 2.96 bits per heavy atom. The Morgan fingerprint density at radius 2 is 2.12 bits per heavy atom. The minimum Gasteiger partial charge on any atom is -0.454 e. The largest absolute Gasteiger partial charge is 0.454 e. The molecule has 2 heterocycles. The fraction of sp³-hybridized carbons (Fsp3) is 0.353. The Kier molecular flexibility index (Phi) is 4.04. The lowest BCUT2D eigenvalue weighted by molar-refractivity contribution is -0.122. The third-order valence-corrected chi connectivity index (χ3v) is 5.42. The monoisotopic (exact) mass is 359 g/mol. The van der Waals surface area contributed by atoms with Gasteiger partial charge in [-0.15, -0.1) is 11.3 Å². The lowest BCUT2D eigenvalue weighted by atomic mass is 9.90. The molecule has 8 heteroatoms. The maximum atomic E-state index is 12.5. The summed E-state index contributed by atoms with van der Waals surface area (Å²) in [6, 6.07) is 5.05. The first-order valence-corrected chi connectivity index (χ1v) is 8.89. The number of likely N-dealkylation sites (N-methyl/N-ethyl adjacent to an activating group) is 1. The van der Waals surface area contributed by atoms with Crippen LogP contribution >= 0.6 is 11.3 Å². The van der Waals surface area contributed by atoms with Crippen molar-refractivity contribution >= 4 is 28.3 Å². The maximum absolute atomic E-state index is 12.5. The summed E-state index contributed by atoms with van der Waals surface area (Å²) >= 11 is 1.44. The minimum atomic E-state index is -0.263. The highest BCUT2D eigenvalue weighted by Gasteiger charge is 2.30. The molecule has 7 nitrogen and oxygen atoms in total. The summed E-state index contributed by atoms with van der Waals surface area (Å²) in [5.41, 5.74) is 1.26. The third kappa shape index (κ3) is 2.93. The van der Waals surface area contributed by atoms with Crippen molar-refractivity contribution in [1.82, 2.24) is 10.3 Å². The molecule has 1 aliphatic carbocycles. The number of carbonyl (C=O) groups is 2. The zero-order valence-electron chi connectivity index (χ0n) is 13.6. The average molecular weight is 359 g/mol. The molecule has 130 valence electrons. The predicted molar refractivity (Wildman–Crippen MR) is 92.4 cm³/mol. The molecule has 2 aromatic rings. The normalized spacial score (nSPS) is 17.7. The Bertz CT molecular complexity index is 848. The molecular formula is C17H17N3O4S. The van der Waals surface area contributed by atoms with Gasteiger partial charge in [0.1, 0.15) is 0 Å². The van der Waals surface area contributed by atoms with Gasteiger partial charge >= 0.3 is 0 Å². The Morgan fingerprint density at radius 1 is 1.28 bits per heavy atom. The Hall–Kier alpha value is -2.61. The minimum absolute atomic E-state index is 0.0279. The van der Waals surface area contributed by atoms with Crippen LogP contribution in [0.4, 0.5) is 5.13 Å². The molecule has 25 heavy (non-hydrogen) atoms. The van der Waals surface area contributed by atoms with Gasteiger partial charge in [-0.2, -0.15) is 0 Å².